The minimum Gasteiger partial charge on any atom is -0.507 e. The van der Waals surface area contributed by atoms with E-state index in [4.69, 9.17) is 10.4 Å². The zero-order valence-electron chi connectivity index (χ0n) is 7.15. The monoisotopic (exact) mass is 215 g/mol. The molecule has 4 nitrogen and oxygen atoms in total. The van der Waals surface area contributed by atoms with Crippen molar-refractivity contribution in [3.8, 4) is 11.8 Å². The molecule has 1 rings (SSSR count). The number of hydrogen-bond donors (Lipinski definition) is 1. The van der Waals surface area contributed by atoms with Crippen molar-refractivity contribution >= 4 is 9.84 Å². The van der Waals surface area contributed by atoms with Crippen LogP contribution < -0.4 is 0 Å². The van der Waals surface area contributed by atoms with Gasteiger partial charge in [-0.1, -0.05) is 0 Å². The first kappa shape index (κ1) is 10.5. The molecule has 0 amide bonds. The molecule has 0 unspecified atom stereocenters. The number of nitriles is 1. The highest BCUT2D eigenvalue weighted by Gasteiger charge is 2.16. The van der Waals surface area contributed by atoms with Crippen molar-refractivity contribution in [2.24, 2.45) is 0 Å². The minimum absolute atomic E-state index is 0.296. The van der Waals surface area contributed by atoms with Crippen LogP contribution in [0.5, 0.6) is 5.75 Å². The van der Waals surface area contributed by atoms with Crippen molar-refractivity contribution < 1.29 is 17.9 Å². The van der Waals surface area contributed by atoms with Gasteiger partial charge in [0.2, 0.25) is 0 Å². The van der Waals surface area contributed by atoms with Gasteiger partial charge in [-0.2, -0.15) is 5.26 Å². The summed E-state index contributed by atoms with van der Waals surface area (Å²) in [6.45, 7) is 0. The fraction of sp³-hybridized carbons (Fsp3) is 0.125. The Morgan fingerprint density at radius 3 is 2.50 bits per heavy atom. The van der Waals surface area contributed by atoms with Crippen LogP contribution >= 0.6 is 0 Å². The van der Waals surface area contributed by atoms with Crippen LogP contribution in [0.2, 0.25) is 0 Å². The Morgan fingerprint density at radius 1 is 1.50 bits per heavy atom. The third-order valence-corrected chi connectivity index (χ3v) is 2.68. The molecule has 0 saturated heterocycles. The lowest BCUT2D eigenvalue weighted by molar-refractivity contribution is 0.466. The lowest BCUT2D eigenvalue weighted by Crippen LogP contribution is -2.01. The van der Waals surface area contributed by atoms with E-state index in [-0.39, 0.29) is 5.56 Å². The van der Waals surface area contributed by atoms with E-state index in [1.807, 2.05) is 0 Å². The van der Waals surface area contributed by atoms with Crippen molar-refractivity contribution in [3.63, 3.8) is 0 Å². The maximum atomic E-state index is 13.1. The lowest BCUT2D eigenvalue weighted by atomic mass is 10.2. The first-order valence-corrected chi connectivity index (χ1v) is 5.38. The molecular weight excluding hydrogens is 209 g/mol. The van der Waals surface area contributed by atoms with E-state index in [1.165, 1.54) is 6.07 Å². The Balaban J connectivity index is 3.54. The molecule has 74 valence electrons. The zero-order valence-corrected chi connectivity index (χ0v) is 7.97. The van der Waals surface area contributed by atoms with Gasteiger partial charge in [0, 0.05) is 12.3 Å². The number of aromatic hydroxyl groups is 1. The van der Waals surface area contributed by atoms with Gasteiger partial charge in [0.05, 0.1) is 5.56 Å². The van der Waals surface area contributed by atoms with Crippen LogP contribution in [0.15, 0.2) is 17.0 Å². The summed E-state index contributed by atoms with van der Waals surface area (Å²) in [6.07, 6.45) is 0.816. The van der Waals surface area contributed by atoms with Crippen molar-refractivity contribution in [1.82, 2.24) is 0 Å². The molecular formula is C8H6FNO3S. The quantitative estimate of drug-likeness (QED) is 0.751. The predicted molar refractivity (Wildman–Crippen MR) is 45.9 cm³/mol. The molecule has 0 heterocycles. The zero-order chi connectivity index (χ0) is 10.9. The van der Waals surface area contributed by atoms with Crippen LogP contribution in [0.25, 0.3) is 0 Å². The topological polar surface area (TPSA) is 78.2 Å². The van der Waals surface area contributed by atoms with Gasteiger partial charge in [0.15, 0.2) is 9.84 Å². The Morgan fingerprint density at radius 2 is 2.07 bits per heavy atom. The molecule has 0 aliphatic carbocycles. The summed E-state index contributed by atoms with van der Waals surface area (Å²) in [7, 11) is -3.73. The van der Waals surface area contributed by atoms with Gasteiger partial charge in [-0.05, 0) is 6.07 Å². The Hall–Kier alpha value is -1.61. The highest BCUT2D eigenvalue weighted by Crippen LogP contribution is 2.24. The second kappa shape index (κ2) is 3.27. The van der Waals surface area contributed by atoms with Crippen LogP contribution in [0.1, 0.15) is 5.56 Å². The predicted octanol–water partition coefficient (Wildman–Crippen LogP) is 0.806. The van der Waals surface area contributed by atoms with Crippen LogP contribution in [0, 0.1) is 17.1 Å². The second-order valence-electron chi connectivity index (χ2n) is 2.68. The SMILES string of the molecule is CS(=O)(=O)c1cc(O)c(C#N)cc1F. The first-order valence-electron chi connectivity index (χ1n) is 3.49. The summed E-state index contributed by atoms with van der Waals surface area (Å²) < 4.78 is 35.0. The van der Waals surface area contributed by atoms with Crippen LogP contribution in [0.3, 0.4) is 0 Å². The maximum absolute atomic E-state index is 13.1. The highest BCUT2D eigenvalue weighted by atomic mass is 32.2. The molecule has 14 heavy (non-hydrogen) atoms. The summed E-state index contributed by atoms with van der Waals surface area (Å²) >= 11 is 0. The van der Waals surface area contributed by atoms with Gasteiger partial charge in [-0.25, -0.2) is 12.8 Å². The van der Waals surface area contributed by atoms with Gasteiger partial charge < -0.3 is 5.11 Å². The maximum Gasteiger partial charge on any atom is 0.178 e. The summed E-state index contributed by atoms with van der Waals surface area (Å²) in [4.78, 5) is -0.617. The molecule has 0 radical (unpaired) electrons. The van der Waals surface area contributed by atoms with Gasteiger partial charge in [0.25, 0.3) is 0 Å². The minimum atomic E-state index is -3.73. The van der Waals surface area contributed by atoms with Crippen LogP contribution in [-0.2, 0) is 9.84 Å². The number of rotatable bonds is 1. The molecule has 0 aliphatic heterocycles. The van der Waals surface area contributed by atoms with Gasteiger partial charge in [-0.3, -0.25) is 0 Å². The van der Waals surface area contributed by atoms with Crippen molar-refractivity contribution in [3.05, 3.63) is 23.5 Å². The van der Waals surface area contributed by atoms with E-state index >= 15 is 0 Å². The molecule has 0 aromatic heterocycles. The number of phenolic OH excluding ortho intramolecular Hbond substituents is 1. The van der Waals surface area contributed by atoms with E-state index < -0.39 is 26.3 Å². The van der Waals surface area contributed by atoms with Gasteiger partial charge in [0.1, 0.15) is 22.5 Å². The summed E-state index contributed by atoms with van der Waals surface area (Å²) in [5, 5.41) is 17.5. The number of nitrogens with zero attached hydrogens (tertiary/aromatic N) is 1. The molecule has 0 saturated carbocycles. The molecule has 6 heteroatoms. The van der Waals surface area contributed by atoms with E-state index in [1.54, 1.807) is 0 Å². The number of phenols is 1. The summed E-state index contributed by atoms with van der Waals surface area (Å²) in [6, 6.07) is 2.94. The smallest absolute Gasteiger partial charge is 0.178 e. The Kier molecular flexibility index (Phi) is 2.45. The fourth-order valence-electron chi connectivity index (χ4n) is 0.916. The highest BCUT2D eigenvalue weighted by molar-refractivity contribution is 7.90. The number of benzene rings is 1. The normalized spacial score (nSPS) is 10.9. The summed E-state index contributed by atoms with van der Waals surface area (Å²) in [5.41, 5.74) is -0.296. The largest absolute Gasteiger partial charge is 0.507 e. The van der Waals surface area contributed by atoms with Crippen LogP contribution in [0.4, 0.5) is 4.39 Å². The standard InChI is InChI=1S/C8H6FNO3S/c1-14(12,13)8-3-7(11)5(4-10)2-6(8)9/h2-3,11H,1H3. The van der Waals surface area contributed by atoms with E-state index in [0.717, 1.165) is 12.3 Å². The molecule has 0 aliphatic rings. The lowest BCUT2D eigenvalue weighted by Gasteiger charge is -2.02. The third-order valence-electron chi connectivity index (χ3n) is 1.57. The Bertz CT molecular complexity index is 516. The first-order chi connectivity index (χ1) is 6.36. The molecule has 0 fully saturated rings. The Labute approximate surface area is 80.1 Å². The fourth-order valence-corrected chi connectivity index (χ4v) is 1.66. The van der Waals surface area contributed by atoms with Crippen LogP contribution in [-0.4, -0.2) is 19.8 Å². The molecule has 1 N–H and O–H groups in total. The third kappa shape index (κ3) is 1.83. The van der Waals surface area contributed by atoms with Gasteiger partial charge in [-0.15, -0.1) is 0 Å². The molecule has 1 aromatic rings. The van der Waals surface area contributed by atoms with Gasteiger partial charge >= 0.3 is 0 Å². The molecule has 0 bridgehead atoms. The number of halogens is 1. The average molecular weight is 215 g/mol. The average Bonchev–Trinajstić information content (AvgIpc) is 2.06. The number of hydrogen-bond acceptors (Lipinski definition) is 4. The summed E-state index contributed by atoms with van der Waals surface area (Å²) in [5.74, 6) is -1.59. The number of sulfone groups is 1. The second-order valence-corrected chi connectivity index (χ2v) is 4.67. The molecule has 0 spiro atoms. The van der Waals surface area contributed by atoms with E-state index in [9.17, 15) is 12.8 Å². The molecule has 1 aromatic carbocycles. The van der Waals surface area contributed by atoms with E-state index in [2.05, 4.69) is 0 Å². The molecule has 0 atom stereocenters. The van der Waals surface area contributed by atoms with Crippen molar-refractivity contribution in [2.75, 3.05) is 6.26 Å². The van der Waals surface area contributed by atoms with Crippen molar-refractivity contribution in [1.29, 1.82) is 5.26 Å². The van der Waals surface area contributed by atoms with Crippen molar-refractivity contribution in [2.45, 2.75) is 4.90 Å². The van der Waals surface area contributed by atoms with E-state index in [0.29, 0.717) is 6.07 Å².